The van der Waals surface area contributed by atoms with Gasteiger partial charge in [0.1, 0.15) is 5.54 Å². The molecule has 134 valence electrons. The zero-order valence-electron chi connectivity index (χ0n) is 15.0. The lowest BCUT2D eigenvalue weighted by Crippen LogP contribution is -2.76. The minimum atomic E-state index is -0.862. The molecule has 3 atom stereocenters. The Morgan fingerprint density at radius 2 is 2.25 bits per heavy atom. The highest BCUT2D eigenvalue weighted by Crippen LogP contribution is 2.51. The lowest BCUT2D eigenvalue weighted by atomic mass is 9.54. The molecule has 0 bridgehead atoms. The first kappa shape index (κ1) is 17.4. The average Bonchev–Trinajstić information content (AvgIpc) is 3.00. The summed E-state index contributed by atoms with van der Waals surface area (Å²) >= 11 is 0. The van der Waals surface area contributed by atoms with Crippen LogP contribution in [0.5, 0.6) is 0 Å². The predicted molar refractivity (Wildman–Crippen MR) is 88.3 cm³/mol. The Morgan fingerprint density at radius 1 is 1.50 bits per heavy atom. The standard InChI is InChI=1S/C17H28N4O3/c1-5-23-13-9-17(18,16(13,3)4)15(22)21-8-6-7-12(10-21)14-19-11(2)20-24-14/h12-13H,5-10,18H2,1-4H3. The second kappa shape index (κ2) is 6.11. The molecule has 1 amide bonds. The maximum Gasteiger partial charge on any atom is 0.243 e. The number of hydrogen-bond acceptors (Lipinski definition) is 6. The molecule has 0 radical (unpaired) electrons. The fourth-order valence-electron chi connectivity index (χ4n) is 3.92. The molecule has 3 rings (SSSR count). The van der Waals surface area contributed by atoms with E-state index in [2.05, 4.69) is 10.1 Å². The molecule has 1 saturated heterocycles. The molecule has 1 aliphatic heterocycles. The molecule has 2 heterocycles. The zero-order chi connectivity index (χ0) is 17.5. The molecule has 0 aromatic carbocycles. The molecule has 2 N–H and O–H groups in total. The maximum absolute atomic E-state index is 13.1. The number of aryl methyl sites for hydroxylation is 1. The monoisotopic (exact) mass is 336 g/mol. The Labute approximate surface area is 142 Å². The third-order valence-corrected chi connectivity index (χ3v) is 5.81. The Morgan fingerprint density at radius 3 is 2.83 bits per heavy atom. The number of likely N-dealkylation sites (tertiary alicyclic amines) is 1. The maximum atomic E-state index is 13.1. The van der Waals surface area contributed by atoms with Crippen LogP contribution in [-0.4, -0.2) is 52.3 Å². The van der Waals surface area contributed by atoms with Gasteiger partial charge >= 0.3 is 0 Å². The van der Waals surface area contributed by atoms with E-state index in [1.54, 1.807) is 6.92 Å². The largest absolute Gasteiger partial charge is 0.378 e. The summed E-state index contributed by atoms with van der Waals surface area (Å²) in [5, 5.41) is 3.86. The van der Waals surface area contributed by atoms with E-state index in [-0.39, 0.29) is 23.3 Å². The van der Waals surface area contributed by atoms with Crippen LogP contribution in [-0.2, 0) is 9.53 Å². The second-order valence-electron chi connectivity index (χ2n) is 7.61. The lowest BCUT2D eigenvalue weighted by molar-refractivity contribution is -0.180. The van der Waals surface area contributed by atoms with Gasteiger partial charge in [0.25, 0.3) is 0 Å². The van der Waals surface area contributed by atoms with E-state index in [9.17, 15) is 4.79 Å². The number of hydrogen-bond donors (Lipinski definition) is 1. The van der Waals surface area contributed by atoms with Crippen LogP contribution < -0.4 is 5.73 Å². The molecular weight excluding hydrogens is 308 g/mol. The van der Waals surface area contributed by atoms with E-state index in [1.165, 1.54) is 0 Å². The molecule has 1 saturated carbocycles. The smallest absolute Gasteiger partial charge is 0.243 e. The number of piperidine rings is 1. The number of rotatable bonds is 4. The molecule has 1 aliphatic carbocycles. The number of amides is 1. The van der Waals surface area contributed by atoms with Crippen LogP contribution >= 0.6 is 0 Å². The van der Waals surface area contributed by atoms with E-state index >= 15 is 0 Å². The van der Waals surface area contributed by atoms with Crippen molar-refractivity contribution < 1.29 is 14.1 Å². The molecule has 1 aromatic rings. The summed E-state index contributed by atoms with van der Waals surface area (Å²) in [4.78, 5) is 19.3. The average molecular weight is 336 g/mol. The van der Waals surface area contributed by atoms with Crippen molar-refractivity contribution in [3.05, 3.63) is 11.7 Å². The van der Waals surface area contributed by atoms with Crippen LogP contribution in [0, 0.1) is 12.3 Å². The minimum absolute atomic E-state index is 0.0180. The number of nitrogens with two attached hydrogens (primary N) is 1. The Kier molecular flexibility index (Phi) is 4.42. The van der Waals surface area contributed by atoms with Gasteiger partial charge in [0.15, 0.2) is 5.82 Å². The number of ether oxygens (including phenoxy) is 1. The van der Waals surface area contributed by atoms with Crippen LogP contribution in [0.4, 0.5) is 0 Å². The van der Waals surface area contributed by atoms with E-state index in [4.69, 9.17) is 15.0 Å². The summed E-state index contributed by atoms with van der Waals surface area (Å²) in [5.74, 6) is 1.36. The van der Waals surface area contributed by atoms with Crippen molar-refractivity contribution in [2.24, 2.45) is 11.1 Å². The fraction of sp³-hybridized carbons (Fsp3) is 0.824. The number of carbonyl (C=O) groups is 1. The number of aromatic nitrogens is 2. The molecule has 7 nitrogen and oxygen atoms in total. The summed E-state index contributed by atoms with van der Waals surface area (Å²) in [6.07, 6.45) is 2.49. The predicted octanol–water partition coefficient (Wildman–Crippen LogP) is 1.62. The summed E-state index contributed by atoms with van der Waals surface area (Å²) in [6.45, 7) is 9.79. The molecule has 7 heteroatoms. The van der Waals surface area contributed by atoms with Gasteiger partial charge < -0.3 is 19.9 Å². The summed E-state index contributed by atoms with van der Waals surface area (Å²) in [5.41, 5.74) is 5.31. The van der Waals surface area contributed by atoms with Crippen molar-refractivity contribution >= 4 is 5.91 Å². The van der Waals surface area contributed by atoms with Gasteiger partial charge in [0.2, 0.25) is 11.8 Å². The van der Waals surface area contributed by atoms with Crippen molar-refractivity contribution in [1.29, 1.82) is 0 Å². The first-order chi connectivity index (χ1) is 11.3. The topological polar surface area (TPSA) is 94.5 Å². The normalized spacial score (nSPS) is 32.5. The Bertz CT molecular complexity index is 615. The van der Waals surface area contributed by atoms with Gasteiger partial charge in [-0.25, -0.2) is 0 Å². The van der Waals surface area contributed by atoms with Crippen molar-refractivity contribution in [2.75, 3.05) is 19.7 Å². The molecule has 3 unspecified atom stereocenters. The molecule has 2 aliphatic rings. The fourth-order valence-corrected chi connectivity index (χ4v) is 3.92. The molecular formula is C17H28N4O3. The van der Waals surface area contributed by atoms with Crippen molar-refractivity contribution in [2.45, 2.75) is 64.5 Å². The molecule has 1 aromatic heterocycles. The Hall–Kier alpha value is -1.47. The number of carbonyl (C=O) groups excluding carboxylic acids is 1. The van der Waals surface area contributed by atoms with Crippen LogP contribution in [0.3, 0.4) is 0 Å². The van der Waals surface area contributed by atoms with E-state index in [0.29, 0.717) is 31.3 Å². The van der Waals surface area contributed by atoms with Gasteiger partial charge in [-0.2, -0.15) is 4.98 Å². The van der Waals surface area contributed by atoms with Gasteiger partial charge in [-0.15, -0.1) is 0 Å². The van der Waals surface area contributed by atoms with E-state index in [0.717, 1.165) is 19.4 Å². The van der Waals surface area contributed by atoms with E-state index in [1.807, 2.05) is 25.7 Å². The highest BCUT2D eigenvalue weighted by atomic mass is 16.5. The highest BCUT2D eigenvalue weighted by molar-refractivity contribution is 5.89. The minimum Gasteiger partial charge on any atom is -0.378 e. The van der Waals surface area contributed by atoms with Crippen LogP contribution in [0.1, 0.15) is 57.7 Å². The molecule has 2 fully saturated rings. The van der Waals surface area contributed by atoms with Crippen molar-refractivity contribution in [1.82, 2.24) is 15.0 Å². The second-order valence-corrected chi connectivity index (χ2v) is 7.61. The quantitative estimate of drug-likeness (QED) is 0.898. The highest BCUT2D eigenvalue weighted by Gasteiger charge is 2.63. The van der Waals surface area contributed by atoms with Crippen LogP contribution in [0.25, 0.3) is 0 Å². The van der Waals surface area contributed by atoms with Gasteiger partial charge in [0.05, 0.1) is 12.0 Å². The summed E-state index contributed by atoms with van der Waals surface area (Å²) in [6, 6.07) is 0. The van der Waals surface area contributed by atoms with Crippen molar-refractivity contribution in [3.63, 3.8) is 0 Å². The van der Waals surface area contributed by atoms with Crippen molar-refractivity contribution in [3.8, 4) is 0 Å². The summed E-state index contributed by atoms with van der Waals surface area (Å²) in [7, 11) is 0. The zero-order valence-corrected chi connectivity index (χ0v) is 15.0. The third kappa shape index (κ3) is 2.63. The molecule has 0 spiro atoms. The Balaban J connectivity index is 1.71. The number of nitrogens with zero attached hydrogens (tertiary/aromatic N) is 3. The van der Waals surface area contributed by atoms with Crippen LogP contribution in [0.2, 0.25) is 0 Å². The lowest BCUT2D eigenvalue weighted by Gasteiger charge is -2.59. The first-order valence-electron chi connectivity index (χ1n) is 8.79. The SMILES string of the molecule is CCOC1CC(N)(C(=O)N2CCCC(c3nc(C)no3)C2)C1(C)C. The summed E-state index contributed by atoms with van der Waals surface area (Å²) < 4.78 is 11.0. The van der Waals surface area contributed by atoms with Gasteiger partial charge in [-0.1, -0.05) is 19.0 Å². The first-order valence-corrected chi connectivity index (χ1v) is 8.79. The van der Waals surface area contributed by atoms with Gasteiger partial charge in [-0.3, -0.25) is 4.79 Å². The van der Waals surface area contributed by atoms with Crippen LogP contribution in [0.15, 0.2) is 4.52 Å². The third-order valence-electron chi connectivity index (χ3n) is 5.81. The molecule has 24 heavy (non-hydrogen) atoms. The van der Waals surface area contributed by atoms with Gasteiger partial charge in [0, 0.05) is 31.5 Å². The van der Waals surface area contributed by atoms with Gasteiger partial charge in [-0.05, 0) is 26.7 Å². The van der Waals surface area contributed by atoms with E-state index < -0.39 is 5.54 Å².